The first-order chi connectivity index (χ1) is 8.15. The Morgan fingerprint density at radius 1 is 1.18 bits per heavy atom. The van der Waals surface area contributed by atoms with E-state index in [2.05, 4.69) is 29.5 Å². The summed E-state index contributed by atoms with van der Waals surface area (Å²) >= 11 is 2.32. The molecule has 0 saturated carbocycles. The smallest absolute Gasteiger partial charge is 0.124 e. The van der Waals surface area contributed by atoms with Crippen LogP contribution in [0.4, 0.5) is 0 Å². The predicted molar refractivity (Wildman–Crippen MR) is 81.7 cm³/mol. The number of carbonyl (C=O) groups is 1. The van der Waals surface area contributed by atoms with Gasteiger partial charge in [-0.1, -0.05) is 68.5 Å². The number of aliphatic hydroxyl groups is 1. The summed E-state index contributed by atoms with van der Waals surface area (Å²) in [6.07, 6.45) is 9.56. The highest BCUT2D eigenvalue weighted by Gasteiger charge is 2.20. The zero-order valence-electron chi connectivity index (χ0n) is 11.2. The van der Waals surface area contributed by atoms with Crippen LogP contribution in [0.3, 0.4) is 0 Å². The molecule has 2 nitrogen and oxygen atoms in total. The minimum absolute atomic E-state index is 0.124. The molecular formula is C14H27IO2. The highest BCUT2D eigenvalue weighted by Crippen LogP contribution is 2.24. The Morgan fingerprint density at radius 3 is 2.35 bits per heavy atom. The number of unbranched alkanes of at least 4 members (excludes halogenated alkanes) is 4. The van der Waals surface area contributed by atoms with Gasteiger partial charge in [-0.05, 0) is 19.3 Å². The van der Waals surface area contributed by atoms with Gasteiger partial charge in [0, 0.05) is 9.84 Å². The summed E-state index contributed by atoms with van der Waals surface area (Å²) < 4.78 is 0.284. The van der Waals surface area contributed by atoms with Crippen LogP contribution in [0.5, 0.6) is 0 Å². The number of carbonyl (C=O) groups excluding carboxylic acids is 1. The molecule has 0 fully saturated rings. The van der Waals surface area contributed by atoms with Crippen molar-refractivity contribution >= 4 is 28.9 Å². The highest BCUT2D eigenvalue weighted by molar-refractivity contribution is 14.1. The zero-order chi connectivity index (χ0) is 13.1. The Morgan fingerprint density at radius 2 is 1.82 bits per heavy atom. The average molecular weight is 354 g/mol. The minimum Gasteiger partial charge on any atom is -0.393 e. The number of alkyl halides is 1. The monoisotopic (exact) mass is 354 g/mol. The Hall–Kier alpha value is 0.360. The molecule has 3 atom stereocenters. The van der Waals surface area contributed by atoms with Crippen LogP contribution in [0, 0.1) is 5.92 Å². The van der Waals surface area contributed by atoms with Crippen LogP contribution in [0.2, 0.25) is 0 Å². The molecule has 3 heteroatoms. The second kappa shape index (κ2) is 11.5. The minimum atomic E-state index is -0.251. The van der Waals surface area contributed by atoms with E-state index in [1.807, 2.05) is 6.92 Å². The van der Waals surface area contributed by atoms with E-state index in [1.54, 1.807) is 0 Å². The van der Waals surface area contributed by atoms with Crippen LogP contribution >= 0.6 is 22.6 Å². The van der Waals surface area contributed by atoms with E-state index in [0.29, 0.717) is 0 Å². The molecule has 0 rings (SSSR count). The molecule has 102 valence electrons. The van der Waals surface area contributed by atoms with Crippen LogP contribution in [0.1, 0.15) is 65.2 Å². The SMILES string of the molecule is CCCCCCCC(C=O)C(I)CC(O)CC. The molecule has 0 amide bonds. The average Bonchev–Trinajstić information content (AvgIpc) is 2.33. The summed E-state index contributed by atoms with van der Waals surface area (Å²) in [4.78, 5) is 11.0. The van der Waals surface area contributed by atoms with Gasteiger partial charge in [-0.25, -0.2) is 0 Å². The molecule has 0 aliphatic rings. The number of halogens is 1. The third kappa shape index (κ3) is 9.00. The lowest BCUT2D eigenvalue weighted by molar-refractivity contribution is -0.111. The summed E-state index contributed by atoms with van der Waals surface area (Å²) in [5, 5.41) is 9.59. The van der Waals surface area contributed by atoms with Gasteiger partial charge in [-0.15, -0.1) is 0 Å². The summed E-state index contributed by atoms with van der Waals surface area (Å²) in [5.74, 6) is 0.124. The standard InChI is InChI=1S/C14H27IO2/c1-3-5-6-7-8-9-12(11-16)14(15)10-13(17)4-2/h11-14,17H,3-10H2,1-2H3. The molecule has 0 saturated heterocycles. The van der Waals surface area contributed by atoms with E-state index in [9.17, 15) is 9.90 Å². The van der Waals surface area contributed by atoms with Crippen molar-refractivity contribution in [1.29, 1.82) is 0 Å². The molecule has 0 aromatic carbocycles. The van der Waals surface area contributed by atoms with Gasteiger partial charge in [0.05, 0.1) is 6.10 Å². The summed E-state index contributed by atoms with van der Waals surface area (Å²) in [6, 6.07) is 0. The van der Waals surface area contributed by atoms with Crippen LogP contribution in [0.15, 0.2) is 0 Å². The van der Waals surface area contributed by atoms with Crippen molar-refractivity contribution in [3.05, 3.63) is 0 Å². The van der Waals surface area contributed by atoms with Crippen LogP contribution < -0.4 is 0 Å². The van der Waals surface area contributed by atoms with Gasteiger partial charge in [0.15, 0.2) is 0 Å². The van der Waals surface area contributed by atoms with Crippen molar-refractivity contribution in [2.75, 3.05) is 0 Å². The van der Waals surface area contributed by atoms with Crippen molar-refractivity contribution in [3.63, 3.8) is 0 Å². The molecule has 1 N–H and O–H groups in total. The van der Waals surface area contributed by atoms with E-state index in [4.69, 9.17) is 0 Å². The van der Waals surface area contributed by atoms with Crippen molar-refractivity contribution in [2.24, 2.45) is 5.92 Å². The quantitative estimate of drug-likeness (QED) is 0.262. The molecular weight excluding hydrogens is 327 g/mol. The predicted octanol–water partition coefficient (Wildman–Crippen LogP) is 4.13. The largest absolute Gasteiger partial charge is 0.393 e. The second-order valence-corrected chi connectivity index (χ2v) is 6.42. The maximum absolute atomic E-state index is 11.0. The van der Waals surface area contributed by atoms with Crippen molar-refractivity contribution in [3.8, 4) is 0 Å². The molecule has 0 heterocycles. The molecule has 0 aromatic rings. The first-order valence-corrected chi connectivity index (χ1v) is 8.17. The molecule has 0 aliphatic carbocycles. The zero-order valence-corrected chi connectivity index (χ0v) is 13.4. The fourth-order valence-corrected chi connectivity index (χ4v) is 3.04. The Kier molecular flexibility index (Phi) is 11.7. The first kappa shape index (κ1) is 17.4. The summed E-state index contributed by atoms with van der Waals surface area (Å²) in [7, 11) is 0. The maximum Gasteiger partial charge on any atom is 0.124 e. The fourth-order valence-electron chi connectivity index (χ4n) is 1.92. The Bertz CT molecular complexity index is 185. The van der Waals surface area contributed by atoms with Crippen LogP contribution in [-0.2, 0) is 4.79 Å². The van der Waals surface area contributed by atoms with Crippen molar-refractivity contribution < 1.29 is 9.90 Å². The van der Waals surface area contributed by atoms with Gasteiger partial charge in [-0.2, -0.15) is 0 Å². The Labute approximate surface area is 120 Å². The maximum atomic E-state index is 11.0. The van der Waals surface area contributed by atoms with E-state index in [-0.39, 0.29) is 15.9 Å². The fraction of sp³-hybridized carbons (Fsp3) is 0.929. The lowest BCUT2D eigenvalue weighted by atomic mass is 9.95. The molecule has 0 aliphatic heterocycles. The number of hydrogen-bond acceptors (Lipinski definition) is 2. The van der Waals surface area contributed by atoms with E-state index >= 15 is 0 Å². The van der Waals surface area contributed by atoms with Gasteiger partial charge in [0.25, 0.3) is 0 Å². The molecule has 3 unspecified atom stereocenters. The topological polar surface area (TPSA) is 37.3 Å². The second-order valence-electron chi connectivity index (χ2n) is 4.82. The number of hydrogen-bond donors (Lipinski definition) is 1. The van der Waals surface area contributed by atoms with Gasteiger partial charge in [0.2, 0.25) is 0 Å². The first-order valence-electron chi connectivity index (χ1n) is 6.93. The highest BCUT2D eigenvalue weighted by atomic mass is 127. The van der Waals surface area contributed by atoms with E-state index in [1.165, 1.54) is 25.7 Å². The van der Waals surface area contributed by atoms with Crippen molar-refractivity contribution in [1.82, 2.24) is 0 Å². The number of rotatable bonds is 11. The summed E-state index contributed by atoms with van der Waals surface area (Å²) in [5.41, 5.74) is 0. The molecule has 0 bridgehead atoms. The van der Waals surface area contributed by atoms with Gasteiger partial charge in [-0.3, -0.25) is 0 Å². The van der Waals surface area contributed by atoms with Crippen LogP contribution in [-0.4, -0.2) is 21.4 Å². The van der Waals surface area contributed by atoms with E-state index in [0.717, 1.165) is 32.0 Å². The van der Waals surface area contributed by atoms with Gasteiger partial charge >= 0.3 is 0 Å². The Balaban J connectivity index is 3.77. The molecule has 0 radical (unpaired) electrons. The molecule has 0 aromatic heterocycles. The normalized spacial score (nSPS) is 16.5. The number of aldehydes is 1. The van der Waals surface area contributed by atoms with Gasteiger partial charge < -0.3 is 9.90 Å². The molecule has 17 heavy (non-hydrogen) atoms. The molecule has 0 spiro atoms. The third-order valence-electron chi connectivity index (χ3n) is 3.25. The van der Waals surface area contributed by atoms with Gasteiger partial charge in [0.1, 0.15) is 6.29 Å². The van der Waals surface area contributed by atoms with E-state index < -0.39 is 0 Å². The summed E-state index contributed by atoms with van der Waals surface area (Å²) in [6.45, 7) is 4.19. The lowest BCUT2D eigenvalue weighted by Gasteiger charge is -2.19. The third-order valence-corrected chi connectivity index (χ3v) is 4.68. The lowest BCUT2D eigenvalue weighted by Crippen LogP contribution is -2.21. The van der Waals surface area contributed by atoms with Crippen molar-refractivity contribution in [2.45, 2.75) is 75.2 Å². The van der Waals surface area contributed by atoms with Crippen LogP contribution in [0.25, 0.3) is 0 Å². The number of aliphatic hydroxyl groups excluding tert-OH is 1.